The molecule has 0 aromatic heterocycles. The Morgan fingerprint density at radius 1 is 1.15 bits per heavy atom. The summed E-state index contributed by atoms with van der Waals surface area (Å²) in [5, 5.41) is 0. The second-order valence-corrected chi connectivity index (χ2v) is 12.0. The highest BCUT2D eigenvalue weighted by Gasteiger charge is 2.28. The minimum absolute atomic E-state index is 0.109. The van der Waals surface area contributed by atoms with Crippen LogP contribution in [0.2, 0.25) is 0 Å². The van der Waals surface area contributed by atoms with Crippen LogP contribution in [0.1, 0.15) is 32.3 Å². The topological polar surface area (TPSA) is 69.7 Å². The first-order chi connectivity index (χ1) is 12.1. The van der Waals surface area contributed by atoms with Gasteiger partial charge in [-0.2, -0.15) is 0 Å². The van der Waals surface area contributed by atoms with Crippen LogP contribution in [0.3, 0.4) is 0 Å². The van der Waals surface area contributed by atoms with E-state index in [1.165, 1.54) is 0 Å². The molecular weight excluding hydrogens is 562 g/mol. The molecule has 140 valence electrons. The van der Waals surface area contributed by atoms with Gasteiger partial charge in [-0.3, -0.25) is 0 Å². The highest BCUT2D eigenvalue weighted by atomic mass is 127. The van der Waals surface area contributed by atoms with E-state index < -0.39 is 13.4 Å². The molecule has 0 aliphatic rings. The van der Waals surface area contributed by atoms with Crippen molar-refractivity contribution in [2.75, 3.05) is 0 Å². The van der Waals surface area contributed by atoms with Gasteiger partial charge in [-0.25, -0.2) is 9.59 Å². The lowest BCUT2D eigenvalue weighted by molar-refractivity contribution is -0.132. The maximum atomic E-state index is 12.3. The lowest BCUT2D eigenvalue weighted by Gasteiger charge is -2.17. The van der Waals surface area contributed by atoms with Crippen LogP contribution in [-0.2, 0) is 20.8 Å². The Morgan fingerprint density at radius 3 is 2.31 bits per heavy atom. The van der Waals surface area contributed by atoms with Crippen molar-refractivity contribution < 1.29 is 23.9 Å². The predicted octanol–water partition coefficient (Wildman–Crippen LogP) is 4.74. The Labute approximate surface area is 180 Å². The number of ether oxygens (including phenoxy) is 2. The molecule has 7 heteroatoms. The number of rotatable bonds is 9. The summed E-state index contributed by atoms with van der Waals surface area (Å²) < 4.78 is 10.2. The molecule has 0 saturated carbocycles. The van der Waals surface area contributed by atoms with E-state index in [1.807, 2.05) is 6.92 Å². The van der Waals surface area contributed by atoms with E-state index in [2.05, 4.69) is 58.3 Å². The van der Waals surface area contributed by atoms with Crippen LogP contribution in [0.25, 0.3) is 0 Å². The first kappa shape index (κ1) is 22.8. The molecule has 0 radical (unpaired) electrons. The van der Waals surface area contributed by atoms with Gasteiger partial charge >= 0.3 is 11.9 Å². The molecule has 0 aliphatic carbocycles. The van der Waals surface area contributed by atoms with Gasteiger partial charge < -0.3 is 14.3 Å². The summed E-state index contributed by atoms with van der Waals surface area (Å²) in [7, 11) is 0. The molecule has 0 amide bonds. The van der Waals surface area contributed by atoms with Crippen molar-refractivity contribution in [2.24, 2.45) is 0 Å². The van der Waals surface area contributed by atoms with Crippen LogP contribution in [0.15, 0.2) is 42.5 Å². The van der Waals surface area contributed by atoms with E-state index in [0.29, 0.717) is 24.8 Å². The normalized spacial score (nSPS) is 10.8. The number of halogens is 2. The molecule has 0 saturated heterocycles. The maximum Gasteiger partial charge on any atom is 0.341 e. The van der Waals surface area contributed by atoms with Crippen LogP contribution in [0.4, 0.5) is 0 Å². The number of alkyl halides is 2. The summed E-state index contributed by atoms with van der Waals surface area (Å²) in [6.45, 7) is 11.0. The van der Waals surface area contributed by atoms with Gasteiger partial charge in [0.05, 0.1) is 5.57 Å². The summed E-state index contributed by atoms with van der Waals surface area (Å²) in [5.74, 6) is -0.981. The average molecular weight is 582 g/mol. The van der Waals surface area contributed by atoms with Gasteiger partial charge in [0.15, 0.2) is 11.5 Å². The summed E-state index contributed by atoms with van der Waals surface area (Å²) in [6.07, 6.45) is 2.08. The van der Waals surface area contributed by atoms with Crippen molar-refractivity contribution in [2.45, 2.75) is 34.5 Å². The number of hydrogen-bond donors (Lipinski definition) is 0. The van der Waals surface area contributed by atoms with Crippen molar-refractivity contribution >= 4 is 63.4 Å². The minimum Gasteiger partial charge on any atom is -0.419 e. The van der Waals surface area contributed by atoms with E-state index in [-0.39, 0.29) is 17.1 Å². The highest BCUT2D eigenvalue weighted by molar-refractivity contribution is 14.2. The van der Waals surface area contributed by atoms with Gasteiger partial charge in [0.1, 0.15) is 7.71 Å². The van der Waals surface area contributed by atoms with E-state index >= 15 is 0 Å². The molecule has 0 N–H and O–H groups in total. The smallest absolute Gasteiger partial charge is 0.341 e. The molecule has 0 fully saturated rings. The molecule has 1 rings (SSSR count). The quantitative estimate of drug-likeness (QED) is 0.105. The summed E-state index contributed by atoms with van der Waals surface area (Å²) in [6, 6.07) is 4.84. The zero-order valence-corrected chi connectivity index (χ0v) is 19.0. The number of carbonyl (C=O) groups excluding carboxylic acids is 3. The van der Waals surface area contributed by atoms with Gasteiger partial charge in [-0.15, -0.1) is 0 Å². The highest BCUT2D eigenvalue weighted by Crippen LogP contribution is 2.36. The molecule has 0 spiro atoms. The molecule has 0 atom stereocenters. The van der Waals surface area contributed by atoms with Crippen LogP contribution in [0.5, 0.6) is 11.5 Å². The fourth-order valence-corrected chi connectivity index (χ4v) is 2.20. The van der Waals surface area contributed by atoms with E-state index in [1.54, 1.807) is 25.1 Å². The van der Waals surface area contributed by atoms with Crippen molar-refractivity contribution in [3.05, 3.63) is 48.1 Å². The monoisotopic (exact) mass is 582 g/mol. The van der Waals surface area contributed by atoms with Gasteiger partial charge in [0.25, 0.3) is 0 Å². The van der Waals surface area contributed by atoms with Crippen molar-refractivity contribution in [3.8, 4) is 11.5 Å². The van der Waals surface area contributed by atoms with Crippen LogP contribution in [0, 0.1) is 0 Å². The second kappa shape index (κ2) is 10.2. The van der Waals surface area contributed by atoms with Crippen molar-refractivity contribution in [1.29, 1.82) is 0 Å². The molecule has 0 aliphatic heterocycles. The van der Waals surface area contributed by atoms with E-state index in [9.17, 15) is 14.4 Å². The van der Waals surface area contributed by atoms with Gasteiger partial charge in [0, 0.05) is 12.0 Å². The third-order valence-corrected chi connectivity index (χ3v) is 4.76. The number of aryl methyl sites for hydroxylation is 1. The number of aldehydes is 1. The van der Waals surface area contributed by atoms with Crippen LogP contribution < -0.4 is 9.47 Å². The Balaban J connectivity index is 3.14. The number of hydrogen-bond acceptors (Lipinski definition) is 5. The molecular formula is C19H20I2O5. The predicted molar refractivity (Wildman–Crippen MR) is 117 cm³/mol. The Bertz CT molecular complexity index is 732. The molecule has 1 aromatic rings. The molecule has 0 bridgehead atoms. The Morgan fingerprint density at radius 2 is 1.77 bits per heavy atom. The number of benzene rings is 1. The van der Waals surface area contributed by atoms with E-state index in [4.69, 9.17) is 9.47 Å². The summed E-state index contributed by atoms with van der Waals surface area (Å²) in [5.41, 5.74) is 1.37. The first-order valence-corrected chi connectivity index (χ1v) is 10.0. The van der Waals surface area contributed by atoms with Crippen LogP contribution >= 0.6 is 45.2 Å². The van der Waals surface area contributed by atoms with E-state index in [0.717, 1.165) is 11.8 Å². The molecule has 26 heavy (non-hydrogen) atoms. The summed E-state index contributed by atoms with van der Waals surface area (Å²) in [4.78, 5) is 34.9. The fraction of sp³-hybridized carbons (Fsp3) is 0.316. The molecule has 1 aromatic carbocycles. The Kier molecular flexibility index (Phi) is 8.94. The molecule has 0 heterocycles. The SMILES string of the molecule is C=C(CC)C(=O)Oc1cc(CCC=O)ccc1OC(=O)C(=C)C(C)(I)I. The zero-order valence-electron chi connectivity index (χ0n) is 14.6. The molecule has 0 unspecified atom stereocenters. The van der Waals surface area contributed by atoms with Crippen molar-refractivity contribution in [1.82, 2.24) is 0 Å². The fourth-order valence-electron chi connectivity index (χ4n) is 1.75. The third kappa shape index (κ3) is 6.82. The standard InChI is InChI=1S/C19H20I2O5/c1-5-12(2)17(23)26-16-11-14(7-6-10-22)8-9-15(16)25-18(24)13(3)19(4,20)21/h8-11H,2-3,5-7H2,1,4H3. The first-order valence-electron chi connectivity index (χ1n) is 7.86. The molecule has 5 nitrogen and oxygen atoms in total. The maximum absolute atomic E-state index is 12.3. The lowest BCUT2D eigenvalue weighted by Crippen LogP contribution is -2.22. The second-order valence-electron chi connectivity index (χ2n) is 5.59. The average Bonchev–Trinajstić information content (AvgIpc) is 2.59. The largest absolute Gasteiger partial charge is 0.419 e. The minimum atomic E-state index is -0.608. The van der Waals surface area contributed by atoms with Gasteiger partial charge in [-0.05, 0) is 37.5 Å². The zero-order chi connectivity index (χ0) is 19.9. The number of esters is 2. The van der Waals surface area contributed by atoms with Gasteiger partial charge in [0.2, 0.25) is 0 Å². The van der Waals surface area contributed by atoms with Crippen LogP contribution in [-0.4, -0.2) is 19.7 Å². The van der Waals surface area contributed by atoms with Gasteiger partial charge in [-0.1, -0.05) is 71.3 Å². The lowest BCUT2D eigenvalue weighted by atomic mass is 10.1. The van der Waals surface area contributed by atoms with Crippen molar-refractivity contribution in [3.63, 3.8) is 0 Å². The third-order valence-electron chi connectivity index (χ3n) is 3.46. The Hall–Kier alpha value is -1.23. The summed E-state index contributed by atoms with van der Waals surface area (Å²) >= 11 is 4.16. The number of carbonyl (C=O) groups is 3.